The summed E-state index contributed by atoms with van der Waals surface area (Å²) in [6.45, 7) is 0. The van der Waals surface area contributed by atoms with E-state index in [1.807, 2.05) is 6.26 Å². The van der Waals surface area contributed by atoms with Crippen LogP contribution in [-0.2, 0) is 0 Å². The molecule has 0 radical (unpaired) electrons. The Bertz CT molecular complexity index is 454. The maximum absolute atomic E-state index is 5.35. The molecule has 2 heteroatoms. The minimum atomic E-state index is 0.785. The molecule has 0 atom stereocenters. The molecule has 2 aromatic rings. The molecule has 1 aromatic carbocycles. The first-order valence-corrected chi connectivity index (χ1v) is 5.31. The molecule has 0 N–H and O–H groups in total. The highest BCUT2D eigenvalue weighted by Crippen LogP contribution is 2.44. The van der Waals surface area contributed by atoms with Crippen molar-refractivity contribution in [3.05, 3.63) is 34.7 Å². The van der Waals surface area contributed by atoms with Gasteiger partial charge in [0.25, 0.3) is 0 Å². The van der Waals surface area contributed by atoms with Crippen LogP contribution in [0.5, 0.6) is 0 Å². The Hall–Kier alpha value is -0.760. The first kappa shape index (κ1) is 7.63. The third-order valence-electron chi connectivity index (χ3n) is 2.65. The molecular formula is C11H9BrO. The number of fused-ring (bicyclic) bond motifs is 1. The monoisotopic (exact) mass is 236 g/mol. The highest BCUT2D eigenvalue weighted by molar-refractivity contribution is 9.10. The van der Waals surface area contributed by atoms with Crippen molar-refractivity contribution in [2.45, 2.75) is 18.8 Å². The molecule has 66 valence electrons. The molecule has 0 amide bonds. The lowest BCUT2D eigenvalue weighted by atomic mass is 10.1. The van der Waals surface area contributed by atoms with E-state index >= 15 is 0 Å². The van der Waals surface area contributed by atoms with Crippen molar-refractivity contribution in [3.8, 4) is 0 Å². The molecule has 0 bridgehead atoms. The lowest BCUT2D eigenvalue weighted by molar-refractivity contribution is 0.546. The van der Waals surface area contributed by atoms with E-state index in [0.29, 0.717) is 0 Å². The number of hydrogen-bond acceptors (Lipinski definition) is 1. The summed E-state index contributed by atoms with van der Waals surface area (Å²) in [7, 11) is 0. The first-order valence-electron chi connectivity index (χ1n) is 4.52. The second-order valence-corrected chi connectivity index (χ2v) is 4.31. The van der Waals surface area contributed by atoms with Crippen molar-refractivity contribution in [2.24, 2.45) is 0 Å². The summed E-state index contributed by atoms with van der Waals surface area (Å²) in [5, 5.41) is 2.47. The van der Waals surface area contributed by atoms with E-state index in [9.17, 15) is 0 Å². The maximum atomic E-state index is 5.35. The number of furan rings is 1. The molecule has 0 spiro atoms. The summed E-state index contributed by atoms with van der Waals surface area (Å²) in [5.74, 6) is 0.785. The van der Waals surface area contributed by atoms with Gasteiger partial charge >= 0.3 is 0 Å². The summed E-state index contributed by atoms with van der Waals surface area (Å²) in [6, 6.07) is 6.41. The van der Waals surface area contributed by atoms with Crippen molar-refractivity contribution >= 4 is 26.7 Å². The fourth-order valence-electron chi connectivity index (χ4n) is 1.81. The fourth-order valence-corrected chi connectivity index (χ4v) is 2.25. The zero-order chi connectivity index (χ0) is 8.84. The topological polar surface area (TPSA) is 13.1 Å². The smallest absolute Gasteiger partial charge is 0.176 e. The second kappa shape index (κ2) is 2.61. The van der Waals surface area contributed by atoms with Crippen molar-refractivity contribution in [1.29, 1.82) is 0 Å². The molecule has 1 nitrogen and oxygen atoms in total. The minimum absolute atomic E-state index is 0.785. The van der Waals surface area contributed by atoms with Crippen molar-refractivity contribution in [3.63, 3.8) is 0 Å². The lowest BCUT2D eigenvalue weighted by Gasteiger charge is -1.98. The van der Waals surface area contributed by atoms with Crippen LogP contribution in [0.25, 0.3) is 10.8 Å². The Morgan fingerprint density at radius 3 is 2.85 bits per heavy atom. The van der Waals surface area contributed by atoms with Crippen LogP contribution in [0.2, 0.25) is 0 Å². The first-order chi connectivity index (χ1) is 6.36. The summed E-state index contributed by atoms with van der Waals surface area (Å²) >= 11 is 3.40. The quantitative estimate of drug-likeness (QED) is 0.728. The number of hydrogen-bond donors (Lipinski definition) is 0. The molecule has 0 unspecified atom stereocenters. The zero-order valence-electron chi connectivity index (χ0n) is 7.09. The predicted octanol–water partition coefficient (Wildman–Crippen LogP) is 4.07. The third kappa shape index (κ3) is 1.12. The predicted molar refractivity (Wildman–Crippen MR) is 55.9 cm³/mol. The van der Waals surface area contributed by atoms with Gasteiger partial charge in [-0.25, -0.2) is 0 Å². The molecular weight excluding hydrogens is 228 g/mol. The normalized spacial score (nSPS) is 16.7. The molecule has 0 saturated heterocycles. The van der Waals surface area contributed by atoms with Gasteiger partial charge in [-0.15, -0.1) is 0 Å². The van der Waals surface area contributed by atoms with Gasteiger partial charge in [0.05, 0.1) is 0 Å². The SMILES string of the molecule is Brc1occ2c(C3CC3)cccc12. The fraction of sp³-hybridized carbons (Fsp3) is 0.273. The highest BCUT2D eigenvalue weighted by Gasteiger charge is 2.25. The van der Waals surface area contributed by atoms with Gasteiger partial charge < -0.3 is 4.42 Å². The largest absolute Gasteiger partial charge is 0.456 e. The Morgan fingerprint density at radius 2 is 2.08 bits per heavy atom. The number of benzene rings is 1. The average Bonchev–Trinajstić information content (AvgIpc) is 2.92. The van der Waals surface area contributed by atoms with Gasteiger partial charge in [-0.05, 0) is 46.3 Å². The summed E-state index contributed by atoms with van der Waals surface area (Å²) < 4.78 is 6.20. The minimum Gasteiger partial charge on any atom is -0.456 e. The number of rotatable bonds is 1. The van der Waals surface area contributed by atoms with E-state index in [2.05, 4.69) is 34.1 Å². The van der Waals surface area contributed by atoms with Gasteiger partial charge in [0.1, 0.15) is 6.26 Å². The van der Waals surface area contributed by atoms with Gasteiger partial charge in [0.2, 0.25) is 0 Å². The van der Waals surface area contributed by atoms with Crippen LogP contribution in [-0.4, -0.2) is 0 Å². The van der Waals surface area contributed by atoms with Crippen LogP contribution in [0.1, 0.15) is 24.3 Å². The van der Waals surface area contributed by atoms with Crippen molar-refractivity contribution in [1.82, 2.24) is 0 Å². The van der Waals surface area contributed by atoms with E-state index in [0.717, 1.165) is 10.6 Å². The molecule has 1 heterocycles. The van der Waals surface area contributed by atoms with E-state index in [1.54, 1.807) is 0 Å². The van der Waals surface area contributed by atoms with Crippen LogP contribution >= 0.6 is 15.9 Å². The Morgan fingerprint density at radius 1 is 1.23 bits per heavy atom. The standard InChI is InChI=1S/C11H9BrO/c12-11-9-3-1-2-8(7-4-5-7)10(9)6-13-11/h1-3,6-7H,4-5H2. The van der Waals surface area contributed by atoms with Gasteiger partial charge in [-0.1, -0.05) is 12.1 Å². The van der Waals surface area contributed by atoms with Crippen LogP contribution in [0.15, 0.2) is 33.5 Å². The summed E-state index contributed by atoms with van der Waals surface area (Å²) in [4.78, 5) is 0. The molecule has 13 heavy (non-hydrogen) atoms. The van der Waals surface area contributed by atoms with Crippen LogP contribution in [0.4, 0.5) is 0 Å². The van der Waals surface area contributed by atoms with E-state index in [1.165, 1.54) is 29.2 Å². The average molecular weight is 237 g/mol. The molecule has 1 saturated carbocycles. The van der Waals surface area contributed by atoms with Crippen LogP contribution in [0, 0.1) is 0 Å². The van der Waals surface area contributed by atoms with Gasteiger partial charge in [-0.3, -0.25) is 0 Å². The number of halogens is 1. The molecule has 1 aliphatic rings. The Labute approximate surface area is 84.9 Å². The second-order valence-electron chi connectivity index (χ2n) is 3.59. The Balaban J connectivity index is 2.33. The third-order valence-corrected chi connectivity index (χ3v) is 3.26. The van der Waals surface area contributed by atoms with Gasteiger partial charge in [0.15, 0.2) is 4.67 Å². The van der Waals surface area contributed by atoms with Crippen molar-refractivity contribution < 1.29 is 4.42 Å². The molecule has 1 aromatic heterocycles. The summed E-state index contributed by atoms with van der Waals surface area (Å²) in [5.41, 5.74) is 1.45. The Kier molecular flexibility index (Phi) is 1.53. The highest BCUT2D eigenvalue weighted by atomic mass is 79.9. The van der Waals surface area contributed by atoms with Gasteiger partial charge in [-0.2, -0.15) is 0 Å². The summed E-state index contributed by atoms with van der Waals surface area (Å²) in [6.07, 6.45) is 4.52. The van der Waals surface area contributed by atoms with Crippen LogP contribution < -0.4 is 0 Å². The van der Waals surface area contributed by atoms with Crippen LogP contribution in [0.3, 0.4) is 0 Å². The lowest BCUT2D eigenvalue weighted by Crippen LogP contribution is -1.78. The van der Waals surface area contributed by atoms with Crippen molar-refractivity contribution in [2.75, 3.05) is 0 Å². The van der Waals surface area contributed by atoms with E-state index < -0.39 is 0 Å². The molecule has 1 fully saturated rings. The van der Waals surface area contributed by atoms with Gasteiger partial charge in [0, 0.05) is 10.8 Å². The maximum Gasteiger partial charge on any atom is 0.176 e. The van der Waals surface area contributed by atoms with E-state index in [-0.39, 0.29) is 0 Å². The van der Waals surface area contributed by atoms with E-state index in [4.69, 9.17) is 4.42 Å². The molecule has 0 aliphatic heterocycles. The molecule has 3 rings (SSSR count). The molecule has 1 aliphatic carbocycles. The zero-order valence-corrected chi connectivity index (χ0v) is 8.67.